The number of anilines is 2. The number of ether oxygens (including phenoxy) is 2. The zero-order valence-corrected chi connectivity index (χ0v) is 24.1. The number of hydrogen-bond acceptors (Lipinski definition) is 9. The van der Waals surface area contributed by atoms with Crippen molar-refractivity contribution < 1.29 is 18.7 Å². The topological polar surface area (TPSA) is 103 Å². The van der Waals surface area contributed by atoms with E-state index in [-0.39, 0.29) is 18.1 Å². The Labute approximate surface area is 238 Å². The molecule has 2 unspecified atom stereocenters. The molecule has 218 valence electrons. The summed E-state index contributed by atoms with van der Waals surface area (Å²) < 4.78 is 26.3. The first-order chi connectivity index (χ1) is 19.7. The van der Waals surface area contributed by atoms with Gasteiger partial charge in [-0.1, -0.05) is 12.6 Å². The van der Waals surface area contributed by atoms with Crippen LogP contribution in [-0.2, 0) is 4.79 Å². The van der Waals surface area contributed by atoms with Gasteiger partial charge in [0.15, 0.2) is 17.5 Å². The van der Waals surface area contributed by atoms with Gasteiger partial charge in [-0.05, 0) is 57.5 Å². The van der Waals surface area contributed by atoms with Gasteiger partial charge in [-0.15, -0.1) is 0 Å². The molecule has 11 nitrogen and oxygen atoms in total. The van der Waals surface area contributed by atoms with Crippen LogP contribution in [0.25, 0.3) is 10.9 Å². The number of aromatic amines is 1. The number of fused-ring (bicyclic) bond motifs is 2. The van der Waals surface area contributed by atoms with E-state index in [4.69, 9.17) is 19.4 Å². The van der Waals surface area contributed by atoms with Gasteiger partial charge in [0.1, 0.15) is 13.2 Å². The molecule has 2 aromatic heterocycles. The largest absolute Gasteiger partial charge is 0.484 e. The van der Waals surface area contributed by atoms with Crippen LogP contribution in [0.2, 0.25) is 0 Å². The minimum Gasteiger partial charge on any atom is -0.484 e. The Morgan fingerprint density at radius 1 is 1.22 bits per heavy atom. The second-order valence-electron chi connectivity index (χ2n) is 11.3. The van der Waals surface area contributed by atoms with Gasteiger partial charge >= 0.3 is 6.01 Å². The molecule has 3 aliphatic heterocycles. The number of carbonyl (C=O) groups is 1. The SMILES string of the molecule is C=C(F)C(=O)N1CCN(c2nc(OCC3CCCN3C)nc3c2OCC(c2c(C)ccc4[nH]ncc24)N3C)[C@@H](C)C1. The number of hydrogen-bond donors (Lipinski definition) is 1. The van der Waals surface area contributed by atoms with E-state index in [2.05, 4.69) is 51.5 Å². The quantitative estimate of drug-likeness (QED) is 0.452. The van der Waals surface area contributed by atoms with E-state index in [1.54, 1.807) is 0 Å². The van der Waals surface area contributed by atoms with Crippen LogP contribution in [0.4, 0.5) is 16.0 Å². The van der Waals surface area contributed by atoms with Gasteiger partial charge in [0, 0.05) is 44.2 Å². The van der Waals surface area contributed by atoms with Crippen molar-refractivity contribution in [1.29, 1.82) is 0 Å². The van der Waals surface area contributed by atoms with E-state index in [1.807, 2.05) is 26.2 Å². The first-order valence-corrected chi connectivity index (χ1v) is 14.2. The van der Waals surface area contributed by atoms with Crippen LogP contribution in [0, 0.1) is 6.92 Å². The lowest BCUT2D eigenvalue weighted by molar-refractivity contribution is -0.129. The van der Waals surface area contributed by atoms with Crippen molar-refractivity contribution in [3.05, 3.63) is 41.9 Å². The number of carbonyl (C=O) groups excluding carboxylic acids is 1. The van der Waals surface area contributed by atoms with Crippen molar-refractivity contribution in [1.82, 2.24) is 30.0 Å². The van der Waals surface area contributed by atoms with Gasteiger partial charge in [0.25, 0.3) is 5.91 Å². The fourth-order valence-electron chi connectivity index (χ4n) is 6.31. The molecule has 12 heteroatoms. The first-order valence-electron chi connectivity index (χ1n) is 14.2. The molecule has 6 rings (SSSR count). The molecule has 0 spiro atoms. The van der Waals surface area contributed by atoms with Crippen LogP contribution in [0.5, 0.6) is 11.8 Å². The first kappa shape index (κ1) is 27.3. The number of piperazine rings is 1. The Hall–Kier alpha value is -3.93. The minimum absolute atomic E-state index is 0.108. The fraction of sp³-hybridized carbons (Fsp3) is 0.517. The monoisotopic (exact) mass is 564 g/mol. The van der Waals surface area contributed by atoms with E-state index >= 15 is 0 Å². The number of likely N-dealkylation sites (N-methyl/N-ethyl adjacent to an activating group) is 2. The number of amides is 1. The Kier molecular flexibility index (Phi) is 7.18. The highest BCUT2D eigenvalue weighted by atomic mass is 19.1. The predicted octanol–water partition coefficient (Wildman–Crippen LogP) is 3.22. The minimum atomic E-state index is -0.948. The molecule has 41 heavy (non-hydrogen) atoms. The molecule has 1 amide bonds. The summed E-state index contributed by atoms with van der Waals surface area (Å²) in [7, 11) is 4.13. The number of aromatic nitrogens is 4. The van der Waals surface area contributed by atoms with Gasteiger partial charge in [0.05, 0.1) is 17.8 Å². The number of halogens is 1. The standard InChI is InChI=1S/C29H37FN8O3/c1-17-8-9-22-21(13-31-34-22)24(17)23-16-40-25-26(36(23)5)32-29(41-15-20-7-6-10-35(20)4)33-27(25)38-12-11-37(14-18(38)2)28(39)19(3)30/h8-9,13,18,20,23H,3,6-7,10-12,14-16H2,1-2,4-5H3,(H,31,34)/t18-,20?,23?/m0/s1. The van der Waals surface area contributed by atoms with E-state index in [0.717, 1.165) is 41.4 Å². The van der Waals surface area contributed by atoms with E-state index in [1.165, 1.54) is 4.90 Å². The maximum absolute atomic E-state index is 13.6. The van der Waals surface area contributed by atoms with Crippen LogP contribution in [0.1, 0.15) is 36.9 Å². The van der Waals surface area contributed by atoms with E-state index < -0.39 is 11.7 Å². The summed E-state index contributed by atoms with van der Waals surface area (Å²) in [6.07, 6.45) is 4.07. The van der Waals surface area contributed by atoms with Gasteiger partial charge < -0.3 is 29.1 Å². The lowest BCUT2D eigenvalue weighted by Gasteiger charge is -2.42. The van der Waals surface area contributed by atoms with Gasteiger partial charge in [0.2, 0.25) is 5.75 Å². The maximum Gasteiger partial charge on any atom is 0.320 e. The molecule has 0 saturated carbocycles. The number of nitrogens with zero attached hydrogens (tertiary/aromatic N) is 7. The molecular formula is C29H37FN8O3. The smallest absolute Gasteiger partial charge is 0.320 e. The lowest BCUT2D eigenvalue weighted by atomic mass is 9.96. The second-order valence-corrected chi connectivity index (χ2v) is 11.3. The van der Waals surface area contributed by atoms with Crippen molar-refractivity contribution in [3.8, 4) is 11.8 Å². The number of nitrogens with one attached hydrogen (secondary N) is 1. The van der Waals surface area contributed by atoms with Crippen molar-refractivity contribution in [2.24, 2.45) is 0 Å². The Bertz CT molecular complexity index is 1480. The van der Waals surface area contributed by atoms with Gasteiger partial charge in [-0.2, -0.15) is 15.1 Å². The molecule has 1 aromatic carbocycles. The van der Waals surface area contributed by atoms with Crippen LogP contribution in [-0.4, -0.2) is 101 Å². The maximum atomic E-state index is 13.6. The van der Waals surface area contributed by atoms with Crippen molar-refractivity contribution in [3.63, 3.8) is 0 Å². The second kappa shape index (κ2) is 10.8. The highest BCUT2D eigenvalue weighted by Gasteiger charge is 2.37. The third kappa shape index (κ3) is 4.94. The lowest BCUT2D eigenvalue weighted by Crippen LogP contribution is -2.54. The molecule has 1 N–H and O–H groups in total. The molecule has 2 saturated heterocycles. The molecular weight excluding hydrogens is 527 g/mol. The highest BCUT2D eigenvalue weighted by Crippen LogP contribution is 2.45. The van der Waals surface area contributed by atoms with Crippen molar-refractivity contribution in [2.75, 3.05) is 63.3 Å². The highest BCUT2D eigenvalue weighted by molar-refractivity contribution is 5.91. The number of H-pyrrole nitrogens is 1. The summed E-state index contributed by atoms with van der Waals surface area (Å²) in [5.74, 6) is 0.216. The summed E-state index contributed by atoms with van der Waals surface area (Å²) in [6.45, 7) is 10.3. The molecule has 0 bridgehead atoms. The zero-order valence-electron chi connectivity index (χ0n) is 24.1. The van der Waals surface area contributed by atoms with E-state index in [9.17, 15) is 9.18 Å². The average molecular weight is 565 g/mol. The third-order valence-corrected chi connectivity index (χ3v) is 8.71. The summed E-state index contributed by atoms with van der Waals surface area (Å²) >= 11 is 0. The summed E-state index contributed by atoms with van der Waals surface area (Å²) in [5, 5.41) is 8.38. The average Bonchev–Trinajstić information content (AvgIpc) is 3.60. The zero-order chi connectivity index (χ0) is 28.8. The van der Waals surface area contributed by atoms with Crippen molar-refractivity contribution in [2.45, 2.75) is 44.8 Å². The molecule has 3 atom stereocenters. The number of benzene rings is 1. The molecule has 2 fully saturated rings. The molecule has 3 aliphatic rings. The summed E-state index contributed by atoms with van der Waals surface area (Å²) in [4.78, 5) is 30.0. The molecule has 3 aromatic rings. The van der Waals surface area contributed by atoms with Crippen LogP contribution < -0.4 is 19.3 Å². The third-order valence-electron chi connectivity index (χ3n) is 8.71. The fourth-order valence-corrected chi connectivity index (χ4v) is 6.31. The number of rotatable bonds is 6. The van der Waals surface area contributed by atoms with E-state index in [0.29, 0.717) is 56.3 Å². The van der Waals surface area contributed by atoms with Gasteiger partial charge in [-0.3, -0.25) is 9.89 Å². The normalized spacial score (nSPS) is 23.0. The van der Waals surface area contributed by atoms with Crippen LogP contribution >= 0.6 is 0 Å². The Balaban J connectivity index is 1.36. The summed E-state index contributed by atoms with van der Waals surface area (Å²) in [6, 6.07) is 4.47. The molecule has 5 heterocycles. The Morgan fingerprint density at radius 3 is 2.76 bits per heavy atom. The molecule has 0 radical (unpaired) electrons. The number of aryl methyl sites for hydroxylation is 1. The molecule has 0 aliphatic carbocycles. The summed E-state index contributed by atoms with van der Waals surface area (Å²) in [5.41, 5.74) is 3.24. The Morgan fingerprint density at radius 2 is 2.02 bits per heavy atom. The van der Waals surface area contributed by atoms with Crippen LogP contribution in [0.15, 0.2) is 30.7 Å². The van der Waals surface area contributed by atoms with Gasteiger partial charge in [-0.25, -0.2) is 4.39 Å². The van der Waals surface area contributed by atoms with Crippen molar-refractivity contribution >= 4 is 28.4 Å². The van der Waals surface area contributed by atoms with Crippen LogP contribution in [0.3, 0.4) is 0 Å². The number of likely N-dealkylation sites (tertiary alicyclic amines) is 1. The predicted molar refractivity (Wildman–Crippen MR) is 154 cm³/mol.